The van der Waals surface area contributed by atoms with Crippen molar-refractivity contribution in [3.63, 3.8) is 0 Å². The van der Waals surface area contributed by atoms with E-state index in [1.54, 1.807) is 0 Å². The first-order valence-electron chi connectivity index (χ1n) is 5.97. The largest absolute Gasteiger partial charge is 0.372 e. The zero-order chi connectivity index (χ0) is 13.1. The molecule has 0 aromatic rings. The van der Waals surface area contributed by atoms with Crippen LogP contribution in [0, 0.1) is 0 Å². The molecule has 3 aliphatic heterocycles. The lowest BCUT2D eigenvalue weighted by molar-refractivity contribution is -0.135. The van der Waals surface area contributed by atoms with Crippen LogP contribution in [-0.4, -0.2) is 74.2 Å². The standard InChI is InChI=1S/C7H13NO2.C5H5NO2/c1-8(2-6-4-9-6)3-7-5-10-7;1-6-4(7)2-3-5(6)8/h6-7H,2-5H2,1H3;2-3H,1H3. The zero-order valence-electron chi connectivity index (χ0n) is 10.7. The van der Waals surface area contributed by atoms with Gasteiger partial charge in [-0.15, -0.1) is 0 Å². The molecule has 0 bridgehead atoms. The van der Waals surface area contributed by atoms with Gasteiger partial charge in [-0.1, -0.05) is 0 Å². The minimum absolute atomic E-state index is 0.241. The summed E-state index contributed by atoms with van der Waals surface area (Å²) in [5, 5.41) is 0. The highest BCUT2D eigenvalue weighted by molar-refractivity contribution is 6.12. The molecule has 2 saturated heterocycles. The number of imide groups is 1. The molecule has 0 N–H and O–H groups in total. The van der Waals surface area contributed by atoms with E-state index in [-0.39, 0.29) is 11.8 Å². The number of hydrogen-bond donors (Lipinski definition) is 0. The third kappa shape index (κ3) is 4.21. The number of rotatable bonds is 4. The van der Waals surface area contributed by atoms with Gasteiger partial charge in [0, 0.05) is 32.3 Å². The molecule has 2 unspecified atom stereocenters. The van der Waals surface area contributed by atoms with Crippen molar-refractivity contribution in [2.45, 2.75) is 12.2 Å². The molecule has 100 valence electrons. The number of amides is 2. The highest BCUT2D eigenvalue weighted by Crippen LogP contribution is 2.13. The minimum atomic E-state index is -0.241. The monoisotopic (exact) mass is 254 g/mol. The van der Waals surface area contributed by atoms with E-state index in [4.69, 9.17) is 9.47 Å². The van der Waals surface area contributed by atoms with Gasteiger partial charge in [0.2, 0.25) is 0 Å². The fourth-order valence-corrected chi connectivity index (χ4v) is 1.59. The second-order valence-corrected chi connectivity index (χ2v) is 4.70. The summed E-state index contributed by atoms with van der Waals surface area (Å²) in [6, 6.07) is 0. The number of epoxide rings is 2. The summed E-state index contributed by atoms with van der Waals surface area (Å²) >= 11 is 0. The van der Waals surface area contributed by atoms with E-state index in [9.17, 15) is 9.59 Å². The number of ether oxygens (including phenoxy) is 2. The van der Waals surface area contributed by atoms with E-state index in [1.807, 2.05) is 0 Å². The molecule has 3 heterocycles. The average molecular weight is 254 g/mol. The van der Waals surface area contributed by atoms with Crippen molar-refractivity contribution >= 4 is 11.8 Å². The third-order valence-corrected chi connectivity index (χ3v) is 2.87. The second-order valence-electron chi connectivity index (χ2n) is 4.70. The number of carbonyl (C=O) groups is 2. The first kappa shape index (κ1) is 13.2. The summed E-state index contributed by atoms with van der Waals surface area (Å²) in [6.07, 6.45) is 3.54. The fourth-order valence-electron chi connectivity index (χ4n) is 1.59. The molecule has 3 aliphatic rings. The molecule has 0 radical (unpaired) electrons. The highest BCUT2D eigenvalue weighted by Gasteiger charge is 2.28. The number of likely N-dealkylation sites (N-methyl/N-ethyl adjacent to an activating group) is 2. The fraction of sp³-hybridized carbons (Fsp3) is 0.667. The molecule has 0 aliphatic carbocycles. The summed E-state index contributed by atoms with van der Waals surface area (Å²) < 4.78 is 10.2. The van der Waals surface area contributed by atoms with Gasteiger partial charge in [-0.25, -0.2) is 0 Å². The van der Waals surface area contributed by atoms with Crippen molar-refractivity contribution in [2.24, 2.45) is 0 Å². The minimum Gasteiger partial charge on any atom is -0.372 e. The predicted octanol–water partition coefficient (Wildman–Crippen LogP) is -0.743. The second kappa shape index (κ2) is 5.60. The molecular formula is C12H18N2O4. The zero-order valence-corrected chi connectivity index (χ0v) is 10.7. The summed E-state index contributed by atoms with van der Waals surface area (Å²) in [7, 11) is 3.56. The lowest BCUT2D eigenvalue weighted by atomic mass is 10.4. The first-order valence-corrected chi connectivity index (χ1v) is 5.97. The Balaban J connectivity index is 0.000000138. The quantitative estimate of drug-likeness (QED) is 0.488. The molecule has 6 nitrogen and oxygen atoms in total. The van der Waals surface area contributed by atoms with Crippen LogP contribution in [0.4, 0.5) is 0 Å². The Kier molecular flexibility index (Phi) is 4.11. The van der Waals surface area contributed by atoms with Crippen LogP contribution in [0.25, 0.3) is 0 Å². The normalized spacial score (nSPS) is 28.5. The molecule has 3 rings (SSSR count). The van der Waals surface area contributed by atoms with Crippen LogP contribution >= 0.6 is 0 Å². The van der Waals surface area contributed by atoms with Crippen molar-refractivity contribution < 1.29 is 19.1 Å². The lowest BCUT2D eigenvalue weighted by Gasteiger charge is -2.12. The summed E-state index contributed by atoms with van der Waals surface area (Å²) in [5.41, 5.74) is 0. The van der Waals surface area contributed by atoms with Crippen molar-refractivity contribution in [3.8, 4) is 0 Å². The summed E-state index contributed by atoms with van der Waals surface area (Å²) in [6.45, 7) is 4.05. The van der Waals surface area contributed by atoms with E-state index in [0.717, 1.165) is 31.2 Å². The number of carbonyl (C=O) groups excluding carboxylic acids is 2. The van der Waals surface area contributed by atoms with E-state index >= 15 is 0 Å². The molecule has 0 aromatic carbocycles. The molecule has 2 amide bonds. The lowest BCUT2D eigenvalue weighted by Crippen LogP contribution is -2.27. The maximum absolute atomic E-state index is 10.4. The van der Waals surface area contributed by atoms with E-state index < -0.39 is 0 Å². The molecule has 2 fully saturated rings. The Hall–Kier alpha value is -1.24. The SMILES string of the molecule is CN(CC1CO1)CC1CO1.CN1C(=O)C=CC1=O. The Morgan fingerprint density at radius 2 is 1.56 bits per heavy atom. The van der Waals surface area contributed by atoms with Crippen LogP contribution in [0.15, 0.2) is 12.2 Å². The maximum atomic E-state index is 10.4. The Morgan fingerprint density at radius 1 is 1.17 bits per heavy atom. The maximum Gasteiger partial charge on any atom is 0.253 e. The molecular weight excluding hydrogens is 236 g/mol. The average Bonchev–Trinajstić information content (AvgIpc) is 3.21. The van der Waals surface area contributed by atoms with Crippen molar-refractivity contribution in [1.82, 2.24) is 9.80 Å². The molecule has 2 atom stereocenters. The Bertz CT molecular complexity index is 329. The van der Waals surface area contributed by atoms with Crippen LogP contribution in [0.1, 0.15) is 0 Å². The smallest absolute Gasteiger partial charge is 0.253 e. The van der Waals surface area contributed by atoms with Gasteiger partial charge in [0.05, 0.1) is 25.4 Å². The van der Waals surface area contributed by atoms with Crippen LogP contribution < -0.4 is 0 Å². The van der Waals surface area contributed by atoms with Gasteiger partial charge in [0.1, 0.15) is 0 Å². The summed E-state index contributed by atoms with van der Waals surface area (Å²) in [5.74, 6) is -0.481. The molecule has 18 heavy (non-hydrogen) atoms. The van der Waals surface area contributed by atoms with Crippen LogP contribution in [0.5, 0.6) is 0 Å². The van der Waals surface area contributed by atoms with Crippen LogP contribution in [0.2, 0.25) is 0 Å². The van der Waals surface area contributed by atoms with Crippen molar-refractivity contribution in [3.05, 3.63) is 12.2 Å². The van der Waals surface area contributed by atoms with E-state index in [2.05, 4.69) is 11.9 Å². The van der Waals surface area contributed by atoms with Gasteiger partial charge in [-0.05, 0) is 7.05 Å². The van der Waals surface area contributed by atoms with Crippen LogP contribution in [0.3, 0.4) is 0 Å². The van der Waals surface area contributed by atoms with Gasteiger partial charge in [-0.3, -0.25) is 14.5 Å². The highest BCUT2D eigenvalue weighted by atomic mass is 16.6. The predicted molar refractivity (Wildman–Crippen MR) is 63.9 cm³/mol. The Morgan fingerprint density at radius 3 is 1.78 bits per heavy atom. The number of nitrogens with zero attached hydrogens (tertiary/aromatic N) is 2. The number of hydrogen-bond acceptors (Lipinski definition) is 5. The topological polar surface area (TPSA) is 65.7 Å². The van der Waals surface area contributed by atoms with Crippen LogP contribution in [-0.2, 0) is 19.1 Å². The third-order valence-electron chi connectivity index (χ3n) is 2.87. The molecule has 0 saturated carbocycles. The van der Waals surface area contributed by atoms with Gasteiger partial charge in [-0.2, -0.15) is 0 Å². The first-order chi connectivity index (χ1) is 8.56. The Labute approximate surface area is 106 Å². The van der Waals surface area contributed by atoms with Crippen molar-refractivity contribution in [2.75, 3.05) is 40.4 Å². The molecule has 0 spiro atoms. The van der Waals surface area contributed by atoms with Gasteiger partial charge in [0.25, 0.3) is 11.8 Å². The van der Waals surface area contributed by atoms with Gasteiger partial charge >= 0.3 is 0 Å². The van der Waals surface area contributed by atoms with Crippen molar-refractivity contribution in [1.29, 1.82) is 0 Å². The molecule has 0 aromatic heterocycles. The van der Waals surface area contributed by atoms with Gasteiger partial charge in [0.15, 0.2) is 0 Å². The van der Waals surface area contributed by atoms with E-state index in [1.165, 1.54) is 19.2 Å². The molecule has 6 heteroatoms. The van der Waals surface area contributed by atoms with E-state index in [0.29, 0.717) is 12.2 Å². The summed E-state index contributed by atoms with van der Waals surface area (Å²) in [4.78, 5) is 24.1. The van der Waals surface area contributed by atoms with Gasteiger partial charge < -0.3 is 14.4 Å².